The van der Waals surface area contributed by atoms with Crippen molar-refractivity contribution in [3.63, 3.8) is 0 Å². The van der Waals surface area contributed by atoms with Crippen LogP contribution in [-0.2, 0) is 7.05 Å². The summed E-state index contributed by atoms with van der Waals surface area (Å²) in [5.74, 6) is 0.442. The van der Waals surface area contributed by atoms with Gasteiger partial charge in [0, 0.05) is 6.07 Å². The third-order valence-electron chi connectivity index (χ3n) is 1.07. The predicted molar refractivity (Wildman–Crippen MR) is 30.8 cm³/mol. The van der Waals surface area contributed by atoms with Crippen LogP contribution < -0.4 is 4.57 Å². The lowest BCUT2D eigenvalue weighted by molar-refractivity contribution is -0.676. The van der Waals surface area contributed by atoms with Gasteiger partial charge in [-0.1, -0.05) is 0 Å². The average molecular weight is 123 g/mol. The summed E-state index contributed by atoms with van der Waals surface area (Å²) >= 11 is 0. The molecule has 0 aliphatic rings. The van der Waals surface area contributed by atoms with E-state index < -0.39 is 0 Å². The smallest absolute Gasteiger partial charge is 0.289 e. The van der Waals surface area contributed by atoms with Crippen molar-refractivity contribution >= 4 is 6.29 Å². The summed E-state index contributed by atoms with van der Waals surface area (Å²) in [6, 6.07) is 1.77. The minimum Gasteiger partial charge on any atom is -0.289 e. The number of rotatable bonds is 1. The van der Waals surface area contributed by atoms with Gasteiger partial charge in [0.1, 0.15) is 6.20 Å². The van der Waals surface area contributed by atoms with E-state index in [4.69, 9.17) is 0 Å². The maximum absolute atomic E-state index is 10.1. The Morgan fingerprint density at radius 2 is 2.56 bits per heavy atom. The van der Waals surface area contributed by atoms with Gasteiger partial charge in [-0.15, -0.1) is 0 Å². The predicted octanol–water partition coefficient (Wildman–Crippen LogP) is -0.281. The van der Waals surface area contributed by atoms with E-state index in [-0.39, 0.29) is 0 Å². The number of aromatic nitrogens is 2. The largest absolute Gasteiger partial charge is 0.362 e. The molecule has 0 aliphatic carbocycles. The van der Waals surface area contributed by atoms with Gasteiger partial charge in [-0.25, -0.2) is 4.57 Å². The van der Waals surface area contributed by atoms with E-state index >= 15 is 0 Å². The molecule has 1 heterocycles. The van der Waals surface area contributed by atoms with Crippen molar-refractivity contribution in [3.05, 3.63) is 24.3 Å². The lowest BCUT2D eigenvalue weighted by atomic mass is 10.6. The summed E-state index contributed by atoms with van der Waals surface area (Å²) in [6.07, 6.45) is 4.08. The first-order valence-electron chi connectivity index (χ1n) is 2.60. The maximum atomic E-state index is 10.1. The van der Waals surface area contributed by atoms with E-state index in [2.05, 4.69) is 4.98 Å². The molecule has 0 saturated carbocycles. The van der Waals surface area contributed by atoms with Crippen molar-refractivity contribution in [2.75, 3.05) is 0 Å². The lowest BCUT2D eigenvalue weighted by Gasteiger charge is -1.85. The number of nitrogens with zero attached hydrogens (tertiary/aromatic N) is 2. The standard InChI is InChI=1S/C6H7N2O/c1-8-4-2-3-7-6(8)5-9/h2-5H,1H3/q+1. The highest BCUT2D eigenvalue weighted by molar-refractivity contribution is 5.66. The Hall–Kier alpha value is -1.25. The van der Waals surface area contributed by atoms with Crippen LogP contribution in [0.4, 0.5) is 0 Å². The molecule has 9 heavy (non-hydrogen) atoms. The van der Waals surface area contributed by atoms with E-state index in [9.17, 15) is 4.79 Å². The molecule has 1 rings (SSSR count). The Labute approximate surface area is 53.0 Å². The fourth-order valence-corrected chi connectivity index (χ4v) is 0.568. The molecule has 1 aromatic heterocycles. The van der Waals surface area contributed by atoms with Gasteiger partial charge in [-0.2, -0.15) is 0 Å². The van der Waals surface area contributed by atoms with Crippen LogP contribution in [0.25, 0.3) is 0 Å². The molecule has 1 aromatic rings. The molecule has 0 N–H and O–H groups in total. The van der Waals surface area contributed by atoms with Gasteiger partial charge in [0.2, 0.25) is 6.29 Å². The van der Waals surface area contributed by atoms with Gasteiger partial charge < -0.3 is 0 Å². The third-order valence-corrected chi connectivity index (χ3v) is 1.07. The number of aldehydes is 1. The monoisotopic (exact) mass is 123 g/mol. The quantitative estimate of drug-likeness (QED) is 0.380. The maximum Gasteiger partial charge on any atom is 0.362 e. The zero-order chi connectivity index (χ0) is 6.69. The average Bonchev–Trinajstić information content (AvgIpc) is 1.89. The summed E-state index contributed by atoms with van der Waals surface area (Å²) in [4.78, 5) is 13.9. The van der Waals surface area contributed by atoms with Gasteiger partial charge in [0.05, 0.1) is 13.2 Å². The highest BCUT2D eigenvalue weighted by atomic mass is 16.1. The van der Waals surface area contributed by atoms with E-state index in [0.717, 1.165) is 6.29 Å². The highest BCUT2D eigenvalue weighted by Crippen LogP contribution is 1.75. The Bertz CT molecular complexity index is 222. The number of hydrogen-bond donors (Lipinski definition) is 0. The van der Waals surface area contributed by atoms with E-state index in [0.29, 0.717) is 5.82 Å². The first kappa shape index (κ1) is 5.88. The Morgan fingerprint density at radius 1 is 1.78 bits per heavy atom. The van der Waals surface area contributed by atoms with Gasteiger partial charge >= 0.3 is 5.82 Å². The van der Waals surface area contributed by atoms with E-state index in [1.165, 1.54) is 0 Å². The van der Waals surface area contributed by atoms with Gasteiger partial charge in [-0.3, -0.25) is 4.79 Å². The minimum atomic E-state index is 0.442. The first-order chi connectivity index (χ1) is 4.34. The summed E-state index contributed by atoms with van der Waals surface area (Å²) in [5.41, 5.74) is 0. The molecule has 0 amide bonds. The normalized spacial score (nSPS) is 9.00. The SMILES string of the molecule is C[n+]1cccnc1C=O. The Kier molecular flexibility index (Phi) is 1.53. The number of carbonyl (C=O) groups is 1. The summed E-state index contributed by atoms with van der Waals surface area (Å²) in [7, 11) is 1.77. The van der Waals surface area contributed by atoms with Crippen LogP contribution in [0.1, 0.15) is 10.6 Å². The molecule has 0 aliphatic heterocycles. The second-order valence-electron chi connectivity index (χ2n) is 1.71. The molecule has 0 aromatic carbocycles. The second kappa shape index (κ2) is 2.35. The van der Waals surface area contributed by atoms with Gasteiger partial charge in [0.25, 0.3) is 0 Å². The molecule has 0 fully saturated rings. The fourth-order valence-electron chi connectivity index (χ4n) is 0.568. The first-order valence-corrected chi connectivity index (χ1v) is 2.60. The molecule has 0 radical (unpaired) electrons. The molecule has 3 nitrogen and oxygen atoms in total. The molecule has 0 bridgehead atoms. The van der Waals surface area contributed by atoms with E-state index in [1.54, 1.807) is 30.1 Å². The number of carbonyl (C=O) groups excluding carboxylic acids is 1. The lowest BCUT2D eigenvalue weighted by Crippen LogP contribution is -2.33. The van der Waals surface area contributed by atoms with Gasteiger partial charge in [-0.05, 0) is 4.98 Å². The van der Waals surface area contributed by atoms with Gasteiger partial charge in [0.15, 0.2) is 0 Å². The minimum absolute atomic E-state index is 0.442. The van der Waals surface area contributed by atoms with Crippen LogP contribution in [0.5, 0.6) is 0 Å². The van der Waals surface area contributed by atoms with Crippen molar-refractivity contribution in [3.8, 4) is 0 Å². The summed E-state index contributed by atoms with van der Waals surface area (Å²) in [6.45, 7) is 0. The van der Waals surface area contributed by atoms with Crippen LogP contribution in [0, 0.1) is 0 Å². The molecule has 0 atom stereocenters. The van der Waals surface area contributed by atoms with Crippen molar-refractivity contribution in [1.82, 2.24) is 4.98 Å². The van der Waals surface area contributed by atoms with Crippen molar-refractivity contribution in [1.29, 1.82) is 0 Å². The molecule has 0 spiro atoms. The molecule has 0 saturated heterocycles. The zero-order valence-electron chi connectivity index (χ0n) is 5.11. The van der Waals surface area contributed by atoms with Crippen molar-refractivity contribution in [2.45, 2.75) is 0 Å². The fraction of sp³-hybridized carbons (Fsp3) is 0.167. The number of aryl methyl sites for hydroxylation is 1. The molecule has 0 unspecified atom stereocenters. The highest BCUT2D eigenvalue weighted by Gasteiger charge is 2.01. The third kappa shape index (κ3) is 1.10. The Morgan fingerprint density at radius 3 is 3.00 bits per heavy atom. The topological polar surface area (TPSA) is 33.8 Å². The molecule has 3 heteroatoms. The van der Waals surface area contributed by atoms with Crippen LogP contribution in [0.15, 0.2) is 18.5 Å². The van der Waals surface area contributed by atoms with E-state index in [1.807, 2.05) is 0 Å². The van der Waals surface area contributed by atoms with Crippen LogP contribution >= 0.6 is 0 Å². The Balaban J connectivity index is 3.15. The van der Waals surface area contributed by atoms with Crippen molar-refractivity contribution < 1.29 is 9.36 Å². The summed E-state index contributed by atoms with van der Waals surface area (Å²) in [5, 5.41) is 0. The molecular weight excluding hydrogens is 116 g/mol. The van der Waals surface area contributed by atoms with Crippen LogP contribution in [0.2, 0.25) is 0 Å². The van der Waals surface area contributed by atoms with Crippen molar-refractivity contribution in [2.24, 2.45) is 7.05 Å². The molecular formula is C6H7N2O+. The second-order valence-corrected chi connectivity index (χ2v) is 1.71. The number of hydrogen-bond acceptors (Lipinski definition) is 2. The van der Waals surface area contributed by atoms with Crippen LogP contribution in [-0.4, -0.2) is 11.3 Å². The van der Waals surface area contributed by atoms with Crippen LogP contribution in [0.3, 0.4) is 0 Å². The zero-order valence-corrected chi connectivity index (χ0v) is 5.11. The molecule has 46 valence electrons. The summed E-state index contributed by atoms with van der Waals surface area (Å²) < 4.78 is 1.66.